The fourth-order valence-electron chi connectivity index (χ4n) is 2.58. The average molecular weight is 384 g/mol. The molecule has 1 N–H and O–H groups in total. The minimum absolute atomic E-state index is 0.0540. The standard InChI is InChI=1S/C18H25NO4S2/c1-13(20)23-17-11-14(7-8-16(17)22-2)12-19-18(21)6-4-3-5-15-9-10-24-25-15/h7-8,11,15H,3-6,9-10,12H2,1-2H3,(H,19,21). The van der Waals surface area contributed by atoms with Gasteiger partial charge in [-0.3, -0.25) is 9.59 Å². The second-order valence-corrected chi connectivity index (χ2v) is 8.72. The summed E-state index contributed by atoms with van der Waals surface area (Å²) in [6, 6.07) is 5.30. The van der Waals surface area contributed by atoms with E-state index in [9.17, 15) is 9.59 Å². The largest absolute Gasteiger partial charge is 0.493 e. The van der Waals surface area contributed by atoms with Crippen LogP contribution in [-0.4, -0.2) is 30.0 Å². The summed E-state index contributed by atoms with van der Waals surface area (Å²) >= 11 is 0. The lowest BCUT2D eigenvalue weighted by Crippen LogP contribution is -2.22. The fraction of sp³-hybridized carbons (Fsp3) is 0.556. The molecule has 5 nitrogen and oxygen atoms in total. The monoisotopic (exact) mass is 383 g/mol. The summed E-state index contributed by atoms with van der Waals surface area (Å²) < 4.78 is 10.3. The van der Waals surface area contributed by atoms with Crippen molar-refractivity contribution in [2.24, 2.45) is 0 Å². The number of unbranched alkanes of at least 4 members (excludes halogenated alkanes) is 1. The van der Waals surface area contributed by atoms with E-state index in [4.69, 9.17) is 9.47 Å². The second kappa shape index (κ2) is 10.6. The maximum absolute atomic E-state index is 12.0. The number of amides is 1. The number of carbonyl (C=O) groups is 2. The number of methoxy groups -OCH3 is 1. The van der Waals surface area contributed by atoms with E-state index in [1.54, 1.807) is 12.1 Å². The van der Waals surface area contributed by atoms with Gasteiger partial charge in [0, 0.05) is 30.9 Å². The van der Waals surface area contributed by atoms with Gasteiger partial charge in [-0.25, -0.2) is 0 Å². The van der Waals surface area contributed by atoms with Gasteiger partial charge in [-0.1, -0.05) is 34.1 Å². The Labute approximate surface area is 157 Å². The van der Waals surface area contributed by atoms with Crippen LogP contribution in [0.4, 0.5) is 0 Å². The van der Waals surface area contributed by atoms with Gasteiger partial charge in [0.25, 0.3) is 0 Å². The Hall–Kier alpha value is -1.34. The highest BCUT2D eigenvalue weighted by Crippen LogP contribution is 2.39. The molecule has 2 rings (SSSR count). The molecule has 1 amide bonds. The lowest BCUT2D eigenvalue weighted by Gasteiger charge is -2.11. The first kappa shape index (κ1) is 20.0. The number of hydrogen-bond donors (Lipinski definition) is 1. The van der Waals surface area contributed by atoms with Crippen molar-refractivity contribution in [2.45, 2.75) is 50.8 Å². The number of esters is 1. The maximum atomic E-state index is 12.0. The minimum atomic E-state index is -0.404. The Balaban J connectivity index is 1.72. The summed E-state index contributed by atoms with van der Waals surface area (Å²) in [6.45, 7) is 1.75. The van der Waals surface area contributed by atoms with Crippen molar-refractivity contribution >= 4 is 33.5 Å². The first-order valence-corrected chi connectivity index (χ1v) is 10.9. The second-order valence-electron chi connectivity index (χ2n) is 5.93. The van der Waals surface area contributed by atoms with Crippen molar-refractivity contribution in [2.75, 3.05) is 12.9 Å². The molecule has 0 aromatic heterocycles. The third-order valence-electron chi connectivity index (χ3n) is 3.88. The normalized spacial score (nSPS) is 16.5. The minimum Gasteiger partial charge on any atom is -0.493 e. The molecule has 7 heteroatoms. The first-order valence-electron chi connectivity index (χ1n) is 8.49. The summed E-state index contributed by atoms with van der Waals surface area (Å²) in [5, 5.41) is 3.69. The highest BCUT2D eigenvalue weighted by molar-refractivity contribution is 8.77. The van der Waals surface area contributed by atoms with Crippen LogP contribution in [0.3, 0.4) is 0 Å². The van der Waals surface area contributed by atoms with Gasteiger partial charge in [0.1, 0.15) is 0 Å². The summed E-state index contributed by atoms with van der Waals surface area (Å²) in [7, 11) is 5.46. The van der Waals surface area contributed by atoms with Gasteiger partial charge in [0.15, 0.2) is 11.5 Å². The molecule has 25 heavy (non-hydrogen) atoms. The maximum Gasteiger partial charge on any atom is 0.308 e. The van der Waals surface area contributed by atoms with Gasteiger partial charge in [-0.2, -0.15) is 0 Å². The Morgan fingerprint density at radius 1 is 1.28 bits per heavy atom. The molecule has 1 heterocycles. The highest BCUT2D eigenvalue weighted by atomic mass is 33.1. The summed E-state index contributed by atoms with van der Waals surface area (Å²) in [4.78, 5) is 23.1. The number of hydrogen-bond acceptors (Lipinski definition) is 6. The molecular formula is C18H25NO4S2. The fourth-order valence-corrected chi connectivity index (χ4v) is 5.60. The Morgan fingerprint density at radius 2 is 2.12 bits per heavy atom. The molecular weight excluding hydrogens is 358 g/mol. The predicted molar refractivity (Wildman–Crippen MR) is 103 cm³/mol. The topological polar surface area (TPSA) is 64.6 Å². The molecule has 0 bridgehead atoms. The van der Waals surface area contributed by atoms with E-state index in [0.29, 0.717) is 24.5 Å². The number of rotatable bonds is 9. The number of carbonyl (C=O) groups excluding carboxylic acids is 2. The summed E-state index contributed by atoms with van der Waals surface area (Å²) in [6.07, 6.45) is 5.08. The van der Waals surface area contributed by atoms with Gasteiger partial charge in [-0.05, 0) is 37.0 Å². The van der Waals surface area contributed by atoms with E-state index in [1.165, 1.54) is 32.6 Å². The molecule has 1 aromatic rings. The van der Waals surface area contributed by atoms with Gasteiger partial charge >= 0.3 is 5.97 Å². The van der Waals surface area contributed by atoms with Crippen molar-refractivity contribution in [3.63, 3.8) is 0 Å². The van der Waals surface area contributed by atoms with Crippen LogP contribution in [-0.2, 0) is 16.1 Å². The lowest BCUT2D eigenvalue weighted by atomic mass is 10.1. The van der Waals surface area contributed by atoms with Gasteiger partial charge in [0.2, 0.25) is 5.91 Å². The van der Waals surface area contributed by atoms with Crippen molar-refractivity contribution < 1.29 is 19.1 Å². The van der Waals surface area contributed by atoms with Crippen molar-refractivity contribution in [1.29, 1.82) is 0 Å². The van der Waals surface area contributed by atoms with Crippen LogP contribution < -0.4 is 14.8 Å². The lowest BCUT2D eigenvalue weighted by molar-refractivity contribution is -0.132. The van der Waals surface area contributed by atoms with Crippen LogP contribution >= 0.6 is 21.6 Å². The first-order chi connectivity index (χ1) is 12.1. The smallest absolute Gasteiger partial charge is 0.308 e. The molecule has 0 radical (unpaired) electrons. The van der Waals surface area contributed by atoms with Gasteiger partial charge in [0.05, 0.1) is 7.11 Å². The van der Waals surface area contributed by atoms with E-state index in [2.05, 4.69) is 5.32 Å². The molecule has 1 unspecified atom stereocenters. The van der Waals surface area contributed by atoms with E-state index in [-0.39, 0.29) is 5.91 Å². The number of ether oxygens (including phenoxy) is 2. The molecule has 1 fully saturated rings. The predicted octanol–water partition coefficient (Wildman–Crippen LogP) is 3.95. The molecule has 1 aromatic carbocycles. The van der Waals surface area contributed by atoms with Crippen LogP contribution in [0, 0.1) is 0 Å². The van der Waals surface area contributed by atoms with Crippen LogP contribution in [0.15, 0.2) is 18.2 Å². The molecule has 0 aliphatic carbocycles. The van der Waals surface area contributed by atoms with Crippen molar-refractivity contribution in [3.8, 4) is 11.5 Å². The average Bonchev–Trinajstić information content (AvgIpc) is 3.10. The number of benzene rings is 1. The van der Waals surface area contributed by atoms with Crippen LogP contribution in [0.25, 0.3) is 0 Å². The van der Waals surface area contributed by atoms with Crippen molar-refractivity contribution in [3.05, 3.63) is 23.8 Å². The van der Waals surface area contributed by atoms with E-state index < -0.39 is 5.97 Å². The zero-order valence-electron chi connectivity index (χ0n) is 14.7. The number of nitrogens with one attached hydrogen (secondary N) is 1. The molecule has 138 valence electrons. The van der Waals surface area contributed by atoms with Crippen molar-refractivity contribution in [1.82, 2.24) is 5.32 Å². The molecule has 1 aliphatic rings. The Bertz CT molecular complexity index is 588. The molecule has 0 saturated carbocycles. The van der Waals surface area contributed by atoms with Crippen LogP contribution in [0.5, 0.6) is 11.5 Å². The molecule has 1 saturated heterocycles. The Morgan fingerprint density at radius 3 is 2.80 bits per heavy atom. The van der Waals surface area contributed by atoms with Crippen LogP contribution in [0.2, 0.25) is 0 Å². The quantitative estimate of drug-likeness (QED) is 0.301. The molecule has 0 spiro atoms. The third kappa shape index (κ3) is 7.20. The summed E-state index contributed by atoms with van der Waals surface area (Å²) in [5.74, 6) is 1.77. The van der Waals surface area contributed by atoms with Crippen LogP contribution in [0.1, 0.15) is 44.6 Å². The van der Waals surface area contributed by atoms with E-state index in [1.807, 2.05) is 27.7 Å². The molecule has 1 atom stereocenters. The SMILES string of the molecule is COc1ccc(CNC(=O)CCCCC2CCSS2)cc1OC(C)=O. The zero-order chi connectivity index (χ0) is 18.1. The Kier molecular flexibility index (Phi) is 8.48. The van der Waals surface area contributed by atoms with Gasteiger partial charge in [-0.15, -0.1) is 0 Å². The molecule has 1 aliphatic heterocycles. The highest BCUT2D eigenvalue weighted by Gasteiger charge is 2.16. The van der Waals surface area contributed by atoms with E-state index >= 15 is 0 Å². The third-order valence-corrected chi connectivity index (χ3v) is 6.89. The summed E-state index contributed by atoms with van der Waals surface area (Å²) in [5.41, 5.74) is 0.866. The van der Waals surface area contributed by atoms with E-state index in [0.717, 1.165) is 23.7 Å². The van der Waals surface area contributed by atoms with Gasteiger partial charge < -0.3 is 14.8 Å². The zero-order valence-corrected chi connectivity index (χ0v) is 16.3.